The molecule has 0 heterocycles. The van der Waals surface area contributed by atoms with Gasteiger partial charge < -0.3 is 0 Å². The van der Waals surface area contributed by atoms with Crippen LogP contribution in [-0.2, 0) is 14.6 Å². The molecule has 0 aliphatic carbocycles. The van der Waals surface area contributed by atoms with Gasteiger partial charge in [0, 0.05) is 0 Å². The molecule has 3 heteroatoms. The lowest BCUT2D eigenvalue weighted by atomic mass is 9.98. The van der Waals surface area contributed by atoms with E-state index in [4.69, 9.17) is 9.78 Å². The Hall–Kier alpha value is -0.570. The predicted octanol–water partition coefficient (Wildman–Crippen LogP) is 2.94. The molecular formula is C11H22O3. The second-order valence-electron chi connectivity index (χ2n) is 5.16. The van der Waals surface area contributed by atoms with Crippen LogP contribution in [0.15, 0.2) is 0 Å². The molecule has 0 saturated heterocycles. The van der Waals surface area contributed by atoms with Crippen LogP contribution in [0.3, 0.4) is 0 Å². The zero-order valence-corrected chi connectivity index (χ0v) is 10.1. The van der Waals surface area contributed by atoms with E-state index in [1.807, 2.05) is 6.92 Å². The predicted molar refractivity (Wildman–Crippen MR) is 55.5 cm³/mol. The molecule has 14 heavy (non-hydrogen) atoms. The molecule has 0 aliphatic rings. The van der Waals surface area contributed by atoms with Crippen molar-refractivity contribution < 1.29 is 14.6 Å². The van der Waals surface area contributed by atoms with E-state index < -0.39 is 5.41 Å². The number of hydrogen-bond acceptors (Lipinski definition) is 3. The molecule has 1 atom stereocenters. The first-order valence-corrected chi connectivity index (χ1v) is 5.11. The van der Waals surface area contributed by atoms with E-state index in [0.29, 0.717) is 5.92 Å². The van der Waals surface area contributed by atoms with E-state index in [1.165, 1.54) is 0 Å². The van der Waals surface area contributed by atoms with Crippen molar-refractivity contribution in [2.45, 2.75) is 54.1 Å². The highest BCUT2D eigenvalue weighted by Crippen LogP contribution is 2.16. The molecular weight excluding hydrogens is 180 g/mol. The molecule has 0 N–H and O–H groups in total. The summed E-state index contributed by atoms with van der Waals surface area (Å²) in [4.78, 5) is 21.0. The van der Waals surface area contributed by atoms with Crippen molar-refractivity contribution in [1.29, 1.82) is 0 Å². The lowest BCUT2D eigenvalue weighted by molar-refractivity contribution is -0.302. The topological polar surface area (TPSA) is 35.5 Å². The van der Waals surface area contributed by atoms with Crippen molar-refractivity contribution >= 4 is 5.97 Å². The van der Waals surface area contributed by atoms with Gasteiger partial charge in [0.05, 0.1) is 5.41 Å². The molecule has 0 fully saturated rings. The molecule has 0 aromatic carbocycles. The normalized spacial score (nSPS) is 14.2. The number of carbonyl (C=O) groups excluding carboxylic acids is 1. The summed E-state index contributed by atoms with van der Waals surface area (Å²) >= 11 is 0. The van der Waals surface area contributed by atoms with Gasteiger partial charge >= 0.3 is 5.97 Å². The van der Waals surface area contributed by atoms with Crippen LogP contribution in [0.1, 0.15) is 48.0 Å². The highest BCUT2D eigenvalue weighted by atomic mass is 17.2. The molecule has 84 valence electrons. The molecule has 0 amide bonds. The lowest BCUT2D eigenvalue weighted by Gasteiger charge is -2.18. The van der Waals surface area contributed by atoms with E-state index in [2.05, 4.69) is 13.8 Å². The number of carbonyl (C=O) groups is 1. The largest absolute Gasteiger partial charge is 0.347 e. The van der Waals surface area contributed by atoms with Crippen LogP contribution in [0, 0.1) is 11.3 Å². The Balaban J connectivity index is 3.78. The third-order valence-electron chi connectivity index (χ3n) is 1.70. The SMILES string of the molecule is CC(C)CC(C)OOC(=O)C(C)(C)C. The summed E-state index contributed by atoms with van der Waals surface area (Å²) in [6.45, 7) is 11.5. The van der Waals surface area contributed by atoms with E-state index in [-0.39, 0.29) is 12.1 Å². The van der Waals surface area contributed by atoms with Crippen molar-refractivity contribution in [1.82, 2.24) is 0 Å². The number of rotatable bonds is 4. The van der Waals surface area contributed by atoms with E-state index in [1.54, 1.807) is 20.8 Å². The average molecular weight is 202 g/mol. The summed E-state index contributed by atoms with van der Waals surface area (Å²) < 4.78 is 0. The first-order valence-electron chi connectivity index (χ1n) is 5.11. The van der Waals surface area contributed by atoms with Crippen LogP contribution in [-0.4, -0.2) is 12.1 Å². The van der Waals surface area contributed by atoms with Gasteiger partial charge in [0.25, 0.3) is 0 Å². The molecule has 0 bridgehead atoms. The van der Waals surface area contributed by atoms with Gasteiger partial charge in [0.2, 0.25) is 0 Å². The van der Waals surface area contributed by atoms with Gasteiger partial charge in [-0.25, -0.2) is 4.79 Å². The first-order chi connectivity index (χ1) is 6.23. The Morgan fingerprint density at radius 2 is 1.71 bits per heavy atom. The third kappa shape index (κ3) is 5.97. The molecule has 0 rings (SSSR count). The smallest absolute Gasteiger partial charge is 0.297 e. The van der Waals surface area contributed by atoms with Crippen molar-refractivity contribution in [2.24, 2.45) is 11.3 Å². The van der Waals surface area contributed by atoms with Gasteiger partial charge in [0.15, 0.2) is 0 Å². The monoisotopic (exact) mass is 202 g/mol. The van der Waals surface area contributed by atoms with E-state index >= 15 is 0 Å². The zero-order chi connectivity index (χ0) is 11.4. The maximum absolute atomic E-state index is 11.3. The quantitative estimate of drug-likeness (QED) is 0.519. The molecule has 1 unspecified atom stereocenters. The molecule has 0 aliphatic heterocycles. The fraction of sp³-hybridized carbons (Fsp3) is 0.909. The highest BCUT2D eigenvalue weighted by Gasteiger charge is 2.25. The van der Waals surface area contributed by atoms with E-state index in [0.717, 1.165) is 6.42 Å². The van der Waals surface area contributed by atoms with Gasteiger partial charge in [-0.2, -0.15) is 4.89 Å². The molecule has 0 radical (unpaired) electrons. The van der Waals surface area contributed by atoms with Gasteiger partial charge in [0.1, 0.15) is 6.10 Å². The van der Waals surface area contributed by atoms with Gasteiger partial charge in [-0.3, -0.25) is 4.89 Å². The summed E-state index contributed by atoms with van der Waals surface area (Å²) in [5.74, 6) is 0.214. The van der Waals surface area contributed by atoms with Gasteiger partial charge in [-0.15, -0.1) is 0 Å². The van der Waals surface area contributed by atoms with Crippen LogP contribution in [0.2, 0.25) is 0 Å². The summed E-state index contributed by atoms with van der Waals surface area (Å²) in [6.07, 6.45) is 0.846. The second-order valence-corrected chi connectivity index (χ2v) is 5.16. The molecule has 3 nitrogen and oxygen atoms in total. The summed E-state index contributed by atoms with van der Waals surface area (Å²) in [5, 5.41) is 0. The van der Waals surface area contributed by atoms with E-state index in [9.17, 15) is 4.79 Å². The molecule has 0 aromatic rings. The van der Waals surface area contributed by atoms with Crippen LogP contribution in [0.5, 0.6) is 0 Å². The maximum Gasteiger partial charge on any atom is 0.347 e. The Bertz CT molecular complexity index is 179. The third-order valence-corrected chi connectivity index (χ3v) is 1.70. The minimum absolute atomic E-state index is 0.0405. The van der Waals surface area contributed by atoms with Crippen LogP contribution < -0.4 is 0 Å². The average Bonchev–Trinajstić information content (AvgIpc) is 1.96. The fourth-order valence-corrected chi connectivity index (χ4v) is 0.954. The van der Waals surface area contributed by atoms with Crippen molar-refractivity contribution in [3.8, 4) is 0 Å². The van der Waals surface area contributed by atoms with Gasteiger partial charge in [-0.05, 0) is 40.0 Å². The fourth-order valence-electron chi connectivity index (χ4n) is 0.954. The van der Waals surface area contributed by atoms with Crippen molar-refractivity contribution in [3.05, 3.63) is 0 Å². The number of hydrogen-bond donors (Lipinski definition) is 0. The van der Waals surface area contributed by atoms with Gasteiger partial charge in [-0.1, -0.05) is 13.8 Å². The Labute approximate surface area is 86.7 Å². The maximum atomic E-state index is 11.3. The summed E-state index contributed by atoms with van der Waals surface area (Å²) in [5.41, 5.74) is -0.502. The molecule has 0 aromatic heterocycles. The van der Waals surface area contributed by atoms with Crippen LogP contribution >= 0.6 is 0 Å². The second kappa shape index (κ2) is 5.35. The standard InChI is InChI=1S/C11H22O3/c1-8(2)7-9(3)13-14-10(12)11(4,5)6/h8-9H,7H2,1-6H3. The Morgan fingerprint density at radius 3 is 2.07 bits per heavy atom. The summed E-state index contributed by atoms with van der Waals surface area (Å²) in [7, 11) is 0. The Morgan fingerprint density at radius 1 is 1.21 bits per heavy atom. The minimum Gasteiger partial charge on any atom is -0.297 e. The zero-order valence-electron chi connectivity index (χ0n) is 10.1. The minimum atomic E-state index is -0.502. The summed E-state index contributed by atoms with van der Waals surface area (Å²) in [6, 6.07) is 0. The van der Waals surface area contributed by atoms with Crippen LogP contribution in [0.4, 0.5) is 0 Å². The van der Waals surface area contributed by atoms with Crippen molar-refractivity contribution in [3.63, 3.8) is 0 Å². The lowest BCUT2D eigenvalue weighted by Crippen LogP contribution is -2.25. The molecule has 0 saturated carbocycles. The highest BCUT2D eigenvalue weighted by molar-refractivity contribution is 5.74. The molecule has 0 spiro atoms. The Kier molecular flexibility index (Phi) is 5.13. The van der Waals surface area contributed by atoms with Crippen molar-refractivity contribution in [2.75, 3.05) is 0 Å². The van der Waals surface area contributed by atoms with Crippen LogP contribution in [0.25, 0.3) is 0 Å². The first kappa shape index (κ1) is 13.4.